The summed E-state index contributed by atoms with van der Waals surface area (Å²) in [6.45, 7) is 0.508. The number of nitrogens with zero attached hydrogens (tertiary/aromatic N) is 1. The predicted octanol–water partition coefficient (Wildman–Crippen LogP) is 3.31. The Hall–Kier alpha value is -2.01. The predicted molar refractivity (Wildman–Crippen MR) is 87.3 cm³/mol. The summed E-state index contributed by atoms with van der Waals surface area (Å²) in [7, 11) is 3.29. The van der Waals surface area contributed by atoms with Crippen molar-refractivity contribution in [3.63, 3.8) is 0 Å². The van der Waals surface area contributed by atoms with Crippen LogP contribution in [0.2, 0.25) is 0 Å². The molecule has 2 N–H and O–H groups in total. The molecule has 4 nitrogen and oxygen atoms in total. The van der Waals surface area contributed by atoms with E-state index in [0.717, 1.165) is 10.0 Å². The number of carbonyl (C=O) groups excluding carboxylic acids is 1. The number of hydrogen-bond donors (Lipinski definition) is 1. The maximum atomic E-state index is 12.5. The Bertz CT molecular complexity index is 658. The summed E-state index contributed by atoms with van der Waals surface area (Å²) in [5.74, 6) is 0.376. The SMILES string of the molecule is COc1cc(N)ccc1C(=O)N(C)Cc1ccccc1Br. The number of amides is 1. The summed E-state index contributed by atoms with van der Waals surface area (Å²) in [6.07, 6.45) is 0. The van der Waals surface area contributed by atoms with Crippen LogP contribution >= 0.6 is 15.9 Å². The molecular weight excluding hydrogens is 332 g/mol. The van der Waals surface area contributed by atoms with E-state index in [0.29, 0.717) is 23.5 Å². The van der Waals surface area contributed by atoms with E-state index in [-0.39, 0.29) is 5.91 Å². The van der Waals surface area contributed by atoms with E-state index >= 15 is 0 Å². The van der Waals surface area contributed by atoms with Gasteiger partial charge in [0.25, 0.3) is 5.91 Å². The standard InChI is InChI=1S/C16H17BrN2O2/c1-19(10-11-5-3-4-6-14(11)17)16(20)13-8-7-12(18)9-15(13)21-2/h3-9H,10,18H2,1-2H3. The van der Waals surface area contributed by atoms with Crippen molar-refractivity contribution in [2.45, 2.75) is 6.54 Å². The molecule has 0 aliphatic heterocycles. The average Bonchev–Trinajstić information content (AvgIpc) is 2.48. The number of rotatable bonds is 4. The van der Waals surface area contributed by atoms with E-state index in [1.54, 1.807) is 30.1 Å². The molecule has 0 spiro atoms. The highest BCUT2D eigenvalue weighted by atomic mass is 79.9. The van der Waals surface area contributed by atoms with E-state index in [2.05, 4.69) is 15.9 Å². The van der Waals surface area contributed by atoms with Crippen LogP contribution in [0, 0.1) is 0 Å². The molecule has 0 saturated heterocycles. The van der Waals surface area contributed by atoms with Gasteiger partial charge in [0, 0.05) is 29.8 Å². The van der Waals surface area contributed by atoms with Gasteiger partial charge in [-0.1, -0.05) is 34.1 Å². The topological polar surface area (TPSA) is 55.6 Å². The number of carbonyl (C=O) groups is 1. The summed E-state index contributed by atoms with van der Waals surface area (Å²) >= 11 is 3.49. The van der Waals surface area contributed by atoms with Gasteiger partial charge in [-0.15, -0.1) is 0 Å². The fraction of sp³-hybridized carbons (Fsp3) is 0.188. The van der Waals surface area contributed by atoms with Gasteiger partial charge in [0.1, 0.15) is 5.75 Å². The highest BCUT2D eigenvalue weighted by Crippen LogP contribution is 2.24. The van der Waals surface area contributed by atoms with Gasteiger partial charge in [-0.2, -0.15) is 0 Å². The van der Waals surface area contributed by atoms with Crippen LogP contribution in [0.5, 0.6) is 5.75 Å². The second-order valence-electron chi connectivity index (χ2n) is 4.71. The largest absolute Gasteiger partial charge is 0.496 e. The molecule has 0 saturated carbocycles. The lowest BCUT2D eigenvalue weighted by Gasteiger charge is -2.19. The lowest BCUT2D eigenvalue weighted by molar-refractivity contribution is 0.0781. The Kier molecular flexibility index (Phi) is 4.85. The van der Waals surface area contributed by atoms with Crippen LogP contribution in [0.3, 0.4) is 0 Å². The molecule has 2 aromatic rings. The molecule has 2 aromatic carbocycles. The zero-order valence-corrected chi connectivity index (χ0v) is 13.6. The maximum Gasteiger partial charge on any atom is 0.257 e. The van der Waals surface area contributed by atoms with Crippen molar-refractivity contribution in [1.82, 2.24) is 4.90 Å². The number of halogens is 1. The summed E-state index contributed by atoms with van der Waals surface area (Å²) in [4.78, 5) is 14.2. The van der Waals surface area contributed by atoms with E-state index < -0.39 is 0 Å². The van der Waals surface area contributed by atoms with Crippen molar-refractivity contribution >= 4 is 27.5 Å². The lowest BCUT2D eigenvalue weighted by atomic mass is 10.1. The van der Waals surface area contributed by atoms with Gasteiger partial charge in [0.05, 0.1) is 12.7 Å². The molecule has 0 aliphatic rings. The minimum atomic E-state index is -0.109. The molecule has 5 heteroatoms. The molecular formula is C16H17BrN2O2. The first-order valence-corrected chi connectivity index (χ1v) is 7.24. The second-order valence-corrected chi connectivity index (χ2v) is 5.57. The summed E-state index contributed by atoms with van der Waals surface area (Å²) in [5.41, 5.74) is 7.82. The summed E-state index contributed by atoms with van der Waals surface area (Å²) < 4.78 is 6.22. The molecule has 0 unspecified atom stereocenters. The second kappa shape index (κ2) is 6.63. The van der Waals surface area contributed by atoms with Gasteiger partial charge in [0.15, 0.2) is 0 Å². The number of nitrogens with two attached hydrogens (primary N) is 1. The minimum Gasteiger partial charge on any atom is -0.496 e. The van der Waals surface area contributed by atoms with E-state index in [1.165, 1.54) is 7.11 Å². The van der Waals surface area contributed by atoms with E-state index in [1.807, 2.05) is 24.3 Å². The first-order chi connectivity index (χ1) is 10.0. The Balaban J connectivity index is 2.22. The van der Waals surface area contributed by atoms with E-state index in [9.17, 15) is 4.79 Å². The van der Waals surface area contributed by atoms with Gasteiger partial charge < -0.3 is 15.4 Å². The molecule has 0 heterocycles. The highest BCUT2D eigenvalue weighted by Gasteiger charge is 2.17. The van der Waals surface area contributed by atoms with Crippen LogP contribution < -0.4 is 10.5 Å². The van der Waals surface area contributed by atoms with Crippen molar-refractivity contribution in [2.75, 3.05) is 19.9 Å². The van der Waals surface area contributed by atoms with Crippen molar-refractivity contribution in [1.29, 1.82) is 0 Å². The third-order valence-corrected chi connectivity index (χ3v) is 3.94. The molecule has 0 fully saturated rings. The molecule has 1 amide bonds. The minimum absolute atomic E-state index is 0.109. The first-order valence-electron chi connectivity index (χ1n) is 6.45. The van der Waals surface area contributed by atoms with Crippen LogP contribution in [0.4, 0.5) is 5.69 Å². The maximum absolute atomic E-state index is 12.5. The van der Waals surface area contributed by atoms with Crippen molar-refractivity contribution in [3.05, 3.63) is 58.1 Å². The number of hydrogen-bond acceptors (Lipinski definition) is 3. The van der Waals surface area contributed by atoms with Crippen molar-refractivity contribution < 1.29 is 9.53 Å². The number of nitrogen functional groups attached to an aromatic ring is 1. The van der Waals surface area contributed by atoms with Crippen LogP contribution in [-0.4, -0.2) is 25.0 Å². The average molecular weight is 349 g/mol. The molecule has 110 valence electrons. The Morgan fingerprint density at radius 2 is 2.00 bits per heavy atom. The van der Waals surface area contributed by atoms with Gasteiger partial charge >= 0.3 is 0 Å². The highest BCUT2D eigenvalue weighted by molar-refractivity contribution is 9.10. The van der Waals surface area contributed by atoms with Crippen molar-refractivity contribution in [2.24, 2.45) is 0 Å². The van der Waals surface area contributed by atoms with Gasteiger partial charge in [-0.05, 0) is 23.8 Å². The monoisotopic (exact) mass is 348 g/mol. The molecule has 21 heavy (non-hydrogen) atoms. The smallest absolute Gasteiger partial charge is 0.257 e. The first kappa shape index (κ1) is 15.4. The van der Waals surface area contributed by atoms with Crippen LogP contribution in [0.25, 0.3) is 0 Å². The zero-order chi connectivity index (χ0) is 15.4. The third-order valence-electron chi connectivity index (χ3n) is 3.17. The molecule has 0 aliphatic carbocycles. The number of anilines is 1. The fourth-order valence-corrected chi connectivity index (χ4v) is 2.45. The van der Waals surface area contributed by atoms with E-state index in [4.69, 9.17) is 10.5 Å². The molecule has 0 radical (unpaired) electrons. The number of methoxy groups -OCH3 is 1. The Morgan fingerprint density at radius 3 is 2.67 bits per heavy atom. The normalized spacial score (nSPS) is 10.2. The fourth-order valence-electron chi connectivity index (χ4n) is 2.04. The van der Waals surface area contributed by atoms with Crippen LogP contribution in [0.15, 0.2) is 46.9 Å². The van der Waals surface area contributed by atoms with Crippen molar-refractivity contribution in [3.8, 4) is 5.75 Å². The van der Waals surface area contributed by atoms with Gasteiger partial charge in [-0.3, -0.25) is 4.79 Å². The third kappa shape index (κ3) is 3.55. The van der Waals surface area contributed by atoms with Gasteiger partial charge in [-0.25, -0.2) is 0 Å². The molecule has 2 rings (SSSR count). The number of benzene rings is 2. The molecule has 0 atom stereocenters. The Labute approximate surface area is 132 Å². The van der Waals surface area contributed by atoms with Gasteiger partial charge in [0.2, 0.25) is 0 Å². The lowest BCUT2D eigenvalue weighted by Crippen LogP contribution is -2.26. The molecule has 0 bridgehead atoms. The Morgan fingerprint density at radius 1 is 1.29 bits per heavy atom. The summed E-state index contributed by atoms with van der Waals surface area (Å²) in [6, 6.07) is 12.9. The zero-order valence-electron chi connectivity index (χ0n) is 12.0. The number of ether oxygens (including phenoxy) is 1. The van der Waals surface area contributed by atoms with Crippen LogP contribution in [0.1, 0.15) is 15.9 Å². The van der Waals surface area contributed by atoms with Crippen LogP contribution in [-0.2, 0) is 6.54 Å². The quantitative estimate of drug-likeness (QED) is 0.862. The summed E-state index contributed by atoms with van der Waals surface area (Å²) in [5, 5.41) is 0. The molecule has 0 aromatic heterocycles.